The summed E-state index contributed by atoms with van der Waals surface area (Å²) < 4.78 is 0. The number of nitrogens with one attached hydrogen (secondary N) is 2. The third kappa shape index (κ3) is 5.23. The fourth-order valence-electron chi connectivity index (χ4n) is 1.95. The van der Waals surface area contributed by atoms with Crippen molar-refractivity contribution in [2.45, 2.75) is 25.4 Å². The molecule has 0 unspecified atom stereocenters. The summed E-state index contributed by atoms with van der Waals surface area (Å²) in [5.74, 6) is 0.698. The molecule has 1 aliphatic rings. The molecule has 1 amide bonds. The molecule has 1 aromatic rings. The van der Waals surface area contributed by atoms with E-state index in [-0.39, 0.29) is 12.5 Å². The van der Waals surface area contributed by atoms with Crippen LogP contribution in [0.25, 0.3) is 0 Å². The Balaban J connectivity index is 1.91. The fraction of sp³-hybridized carbons (Fsp3) is 0.467. The zero-order valence-electron chi connectivity index (χ0n) is 12.5. The van der Waals surface area contributed by atoms with Crippen molar-refractivity contribution in [3.05, 3.63) is 34.5 Å². The van der Waals surface area contributed by atoms with Gasteiger partial charge in [-0.25, -0.2) is 4.99 Å². The summed E-state index contributed by atoms with van der Waals surface area (Å²) in [5.41, 5.74) is 0. The molecule has 1 aliphatic carbocycles. The summed E-state index contributed by atoms with van der Waals surface area (Å²) in [5, 5.41) is 8.73. The second kappa shape index (κ2) is 7.83. The van der Waals surface area contributed by atoms with Gasteiger partial charge >= 0.3 is 0 Å². The molecule has 114 valence electrons. The van der Waals surface area contributed by atoms with Crippen LogP contribution in [0.15, 0.2) is 34.7 Å². The second-order valence-electron chi connectivity index (χ2n) is 5.17. The molecule has 2 rings (SSSR count). The number of rotatable bonds is 5. The molecule has 0 spiro atoms. The highest BCUT2D eigenvalue weighted by Gasteiger charge is 2.12. The molecular formula is C15H22N4OS. The first-order chi connectivity index (χ1) is 10.1. The van der Waals surface area contributed by atoms with Gasteiger partial charge < -0.3 is 15.5 Å². The minimum absolute atomic E-state index is 0.00299. The predicted molar refractivity (Wildman–Crippen MR) is 87.5 cm³/mol. The lowest BCUT2D eigenvalue weighted by molar-refractivity contribution is -0.127. The zero-order chi connectivity index (χ0) is 15.1. The molecule has 1 aromatic heterocycles. The average molecular weight is 306 g/mol. The maximum absolute atomic E-state index is 11.7. The van der Waals surface area contributed by atoms with Gasteiger partial charge in [-0.05, 0) is 24.3 Å². The van der Waals surface area contributed by atoms with Gasteiger partial charge in [-0.2, -0.15) is 0 Å². The van der Waals surface area contributed by atoms with E-state index in [0.29, 0.717) is 12.0 Å². The molecule has 0 saturated heterocycles. The van der Waals surface area contributed by atoms with E-state index in [0.717, 1.165) is 19.4 Å². The van der Waals surface area contributed by atoms with E-state index < -0.39 is 0 Å². The number of aliphatic imine (C=N–C) groups is 1. The van der Waals surface area contributed by atoms with Crippen LogP contribution in [0.2, 0.25) is 0 Å². The van der Waals surface area contributed by atoms with Crippen molar-refractivity contribution in [2.75, 3.05) is 20.6 Å². The summed E-state index contributed by atoms with van der Waals surface area (Å²) in [7, 11) is 3.48. The number of thiophene rings is 1. The average Bonchev–Trinajstić information content (AvgIpc) is 3.14. The minimum Gasteiger partial charge on any atom is -0.353 e. The minimum atomic E-state index is -0.00299. The van der Waals surface area contributed by atoms with Gasteiger partial charge in [-0.15, -0.1) is 11.3 Å². The van der Waals surface area contributed by atoms with Crippen molar-refractivity contribution in [2.24, 2.45) is 4.99 Å². The lowest BCUT2D eigenvalue weighted by Crippen LogP contribution is -2.42. The number of hydrogen-bond acceptors (Lipinski definition) is 3. The Labute approximate surface area is 129 Å². The van der Waals surface area contributed by atoms with Crippen LogP contribution < -0.4 is 10.6 Å². The molecule has 21 heavy (non-hydrogen) atoms. The number of amides is 1. The molecule has 0 fully saturated rings. The molecule has 0 aliphatic heterocycles. The van der Waals surface area contributed by atoms with Crippen LogP contribution >= 0.6 is 11.3 Å². The highest BCUT2D eigenvalue weighted by molar-refractivity contribution is 7.09. The van der Waals surface area contributed by atoms with Gasteiger partial charge in [-0.3, -0.25) is 4.79 Å². The fourth-order valence-corrected chi connectivity index (χ4v) is 2.60. The molecule has 2 N–H and O–H groups in total. The Bertz CT molecular complexity index is 500. The normalized spacial score (nSPS) is 15.2. The van der Waals surface area contributed by atoms with Crippen LogP contribution in [0.4, 0.5) is 0 Å². The third-order valence-corrected chi connectivity index (χ3v) is 4.11. The maximum Gasteiger partial charge on any atom is 0.243 e. The van der Waals surface area contributed by atoms with Crippen LogP contribution in [0, 0.1) is 0 Å². The van der Waals surface area contributed by atoms with E-state index in [9.17, 15) is 4.79 Å². The first-order valence-corrected chi connectivity index (χ1v) is 7.95. The van der Waals surface area contributed by atoms with Gasteiger partial charge in [0.1, 0.15) is 6.54 Å². The lowest BCUT2D eigenvalue weighted by Gasteiger charge is -2.17. The standard InChI is InChI=1S/C15H22N4OS/c1-19(2)14(20)11-17-15(18-12-6-3-4-7-12)16-10-13-8-5-9-21-13/h3-5,8-9,12H,6-7,10-11H2,1-2H3,(H2,16,17,18). The number of nitrogens with zero attached hydrogens (tertiary/aromatic N) is 2. The smallest absolute Gasteiger partial charge is 0.243 e. The Kier molecular flexibility index (Phi) is 5.80. The second-order valence-corrected chi connectivity index (χ2v) is 6.20. The quantitative estimate of drug-likeness (QED) is 0.493. The van der Waals surface area contributed by atoms with Crippen LogP contribution in [-0.2, 0) is 11.3 Å². The van der Waals surface area contributed by atoms with E-state index >= 15 is 0 Å². The maximum atomic E-state index is 11.7. The Morgan fingerprint density at radius 2 is 2.19 bits per heavy atom. The molecule has 0 aromatic carbocycles. The molecule has 0 radical (unpaired) electrons. The monoisotopic (exact) mass is 306 g/mol. The molecular weight excluding hydrogens is 284 g/mol. The Morgan fingerprint density at radius 1 is 1.43 bits per heavy atom. The van der Waals surface area contributed by atoms with Crippen molar-refractivity contribution in [3.8, 4) is 0 Å². The van der Waals surface area contributed by atoms with Gasteiger partial charge in [0, 0.05) is 25.0 Å². The predicted octanol–water partition coefficient (Wildman–Crippen LogP) is 1.59. The molecule has 0 bridgehead atoms. The van der Waals surface area contributed by atoms with Gasteiger partial charge in [0.05, 0.1) is 6.54 Å². The zero-order valence-corrected chi connectivity index (χ0v) is 13.3. The molecule has 0 saturated carbocycles. The van der Waals surface area contributed by atoms with E-state index in [1.165, 1.54) is 4.88 Å². The van der Waals surface area contributed by atoms with Crippen LogP contribution in [0.3, 0.4) is 0 Å². The first-order valence-electron chi connectivity index (χ1n) is 7.07. The topological polar surface area (TPSA) is 56.7 Å². The summed E-state index contributed by atoms with van der Waals surface area (Å²) in [6, 6.07) is 4.48. The highest BCUT2D eigenvalue weighted by atomic mass is 32.1. The number of carbonyl (C=O) groups is 1. The van der Waals surface area contributed by atoms with Crippen molar-refractivity contribution in [1.29, 1.82) is 0 Å². The summed E-state index contributed by atoms with van der Waals surface area (Å²) in [6.45, 7) is 0.882. The number of carbonyl (C=O) groups excluding carboxylic acids is 1. The van der Waals surface area contributed by atoms with Crippen molar-refractivity contribution < 1.29 is 4.79 Å². The summed E-state index contributed by atoms with van der Waals surface area (Å²) >= 11 is 1.70. The summed E-state index contributed by atoms with van der Waals surface area (Å²) in [6.07, 6.45) is 6.34. The van der Waals surface area contributed by atoms with Crippen molar-refractivity contribution in [1.82, 2.24) is 15.5 Å². The number of likely N-dealkylation sites (N-methyl/N-ethyl adjacent to an activating group) is 1. The van der Waals surface area contributed by atoms with Gasteiger partial charge in [0.15, 0.2) is 5.96 Å². The molecule has 1 heterocycles. The van der Waals surface area contributed by atoms with Crippen LogP contribution in [0.5, 0.6) is 0 Å². The van der Waals surface area contributed by atoms with Crippen LogP contribution in [-0.4, -0.2) is 43.4 Å². The highest BCUT2D eigenvalue weighted by Crippen LogP contribution is 2.10. The van der Waals surface area contributed by atoms with Gasteiger partial charge in [0.2, 0.25) is 5.91 Å². The van der Waals surface area contributed by atoms with E-state index in [4.69, 9.17) is 0 Å². The van der Waals surface area contributed by atoms with Crippen molar-refractivity contribution in [3.63, 3.8) is 0 Å². The summed E-state index contributed by atoms with van der Waals surface area (Å²) in [4.78, 5) is 18.9. The number of guanidine groups is 1. The Morgan fingerprint density at radius 3 is 2.81 bits per heavy atom. The lowest BCUT2D eigenvalue weighted by atomic mass is 10.2. The van der Waals surface area contributed by atoms with Crippen LogP contribution in [0.1, 0.15) is 17.7 Å². The van der Waals surface area contributed by atoms with Crippen molar-refractivity contribution >= 4 is 23.2 Å². The van der Waals surface area contributed by atoms with E-state index in [1.807, 2.05) is 6.07 Å². The van der Waals surface area contributed by atoms with E-state index in [2.05, 4.69) is 39.2 Å². The first kappa shape index (κ1) is 15.6. The molecule has 0 atom stereocenters. The van der Waals surface area contributed by atoms with E-state index in [1.54, 1.807) is 30.3 Å². The van der Waals surface area contributed by atoms with Gasteiger partial charge in [0.25, 0.3) is 0 Å². The largest absolute Gasteiger partial charge is 0.353 e. The third-order valence-electron chi connectivity index (χ3n) is 3.23. The number of hydrogen-bond donors (Lipinski definition) is 2. The Hall–Kier alpha value is -1.82. The molecule has 6 heteroatoms. The van der Waals surface area contributed by atoms with Gasteiger partial charge in [-0.1, -0.05) is 18.2 Å². The molecule has 5 nitrogen and oxygen atoms in total. The SMILES string of the molecule is CN(C)C(=O)CN=C(NCc1cccs1)NC1CC=CC1.